The Kier molecular flexibility index (Phi) is 7.62. The molecule has 1 aliphatic rings. The molecular formula is C26H34N4O3. The lowest BCUT2D eigenvalue weighted by Gasteiger charge is -2.27. The lowest BCUT2D eigenvalue weighted by atomic mass is 10.1. The molecule has 0 aliphatic carbocycles. The van der Waals surface area contributed by atoms with E-state index in [9.17, 15) is 4.79 Å². The largest absolute Gasteiger partial charge is 0.475 e. The number of nitrogens with zero attached hydrogens (tertiary/aromatic N) is 2. The molecule has 0 spiro atoms. The number of ether oxygens (including phenoxy) is 2. The van der Waals surface area contributed by atoms with Gasteiger partial charge in [0.2, 0.25) is 11.8 Å². The third kappa shape index (κ3) is 5.92. The Labute approximate surface area is 195 Å². The molecule has 176 valence electrons. The Balaban J connectivity index is 1.38. The summed E-state index contributed by atoms with van der Waals surface area (Å²) < 4.78 is 11.2. The number of H-pyrrole nitrogens is 1. The van der Waals surface area contributed by atoms with Gasteiger partial charge < -0.3 is 24.7 Å². The summed E-state index contributed by atoms with van der Waals surface area (Å²) in [5.41, 5.74) is 4.14. The van der Waals surface area contributed by atoms with Crippen LogP contribution in [0.1, 0.15) is 37.6 Å². The van der Waals surface area contributed by atoms with Crippen molar-refractivity contribution in [3.63, 3.8) is 0 Å². The van der Waals surface area contributed by atoms with Crippen LogP contribution in [0.25, 0.3) is 10.9 Å². The molecule has 2 aromatic heterocycles. The fourth-order valence-corrected chi connectivity index (χ4v) is 4.20. The maximum absolute atomic E-state index is 13.3. The number of para-hydroxylation sites is 1. The minimum Gasteiger partial charge on any atom is -0.475 e. The van der Waals surface area contributed by atoms with Gasteiger partial charge in [-0.3, -0.25) is 4.79 Å². The molecule has 3 aromatic rings. The second-order valence-corrected chi connectivity index (χ2v) is 9.17. The van der Waals surface area contributed by atoms with Crippen LogP contribution in [0.15, 0.2) is 42.6 Å². The minimum absolute atomic E-state index is 0.135. The first-order valence-corrected chi connectivity index (χ1v) is 11.7. The quantitative estimate of drug-likeness (QED) is 0.517. The zero-order chi connectivity index (χ0) is 23.2. The van der Waals surface area contributed by atoms with Crippen LogP contribution in [-0.2, 0) is 29.2 Å². The summed E-state index contributed by atoms with van der Waals surface area (Å²) in [6.07, 6.45) is 1.96. The van der Waals surface area contributed by atoms with Gasteiger partial charge in [0.15, 0.2) is 0 Å². The van der Waals surface area contributed by atoms with E-state index in [1.54, 1.807) is 0 Å². The number of carbonyl (C=O) groups is 1. The summed E-state index contributed by atoms with van der Waals surface area (Å²) >= 11 is 0. The molecule has 0 saturated carbocycles. The first kappa shape index (κ1) is 23.3. The topological polar surface area (TPSA) is 79.5 Å². The van der Waals surface area contributed by atoms with Crippen LogP contribution in [0.3, 0.4) is 0 Å². The number of nitrogens with one attached hydrogen (secondary N) is 2. The van der Waals surface area contributed by atoms with Crippen LogP contribution in [0, 0.1) is 11.8 Å². The molecule has 0 fully saturated rings. The van der Waals surface area contributed by atoms with Crippen LogP contribution in [0.5, 0.6) is 5.88 Å². The SMILES string of the molecule is CC(C)CN(Cc1ccc2c(n1)OCCOC2)C(=O)[C@H](C)CNCc1cccc2cc[nH]c12. The van der Waals surface area contributed by atoms with Crippen molar-refractivity contribution in [1.29, 1.82) is 0 Å². The maximum Gasteiger partial charge on any atom is 0.227 e. The first-order chi connectivity index (χ1) is 16.0. The monoisotopic (exact) mass is 450 g/mol. The van der Waals surface area contributed by atoms with E-state index >= 15 is 0 Å². The van der Waals surface area contributed by atoms with Gasteiger partial charge in [0.05, 0.1) is 25.5 Å². The van der Waals surface area contributed by atoms with Gasteiger partial charge in [-0.05, 0) is 35.1 Å². The third-order valence-corrected chi connectivity index (χ3v) is 5.83. The zero-order valence-corrected chi connectivity index (χ0v) is 19.8. The number of amides is 1. The van der Waals surface area contributed by atoms with Crippen molar-refractivity contribution < 1.29 is 14.3 Å². The highest BCUT2D eigenvalue weighted by atomic mass is 16.5. The Bertz CT molecular complexity index is 1080. The van der Waals surface area contributed by atoms with Crippen molar-refractivity contribution in [2.24, 2.45) is 11.8 Å². The fraction of sp³-hybridized carbons (Fsp3) is 0.462. The van der Waals surface area contributed by atoms with Gasteiger partial charge in [-0.25, -0.2) is 4.98 Å². The number of fused-ring (bicyclic) bond motifs is 2. The maximum atomic E-state index is 13.3. The second kappa shape index (κ2) is 10.8. The van der Waals surface area contributed by atoms with E-state index in [0.717, 1.165) is 16.8 Å². The highest BCUT2D eigenvalue weighted by molar-refractivity contribution is 5.82. The average molecular weight is 451 g/mol. The van der Waals surface area contributed by atoms with Gasteiger partial charge in [-0.1, -0.05) is 39.0 Å². The van der Waals surface area contributed by atoms with Gasteiger partial charge >= 0.3 is 0 Å². The Morgan fingerprint density at radius 1 is 1.18 bits per heavy atom. The Hall–Kier alpha value is -2.90. The van der Waals surface area contributed by atoms with Crippen LogP contribution in [-0.4, -0.2) is 47.1 Å². The van der Waals surface area contributed by atoms with E-state index in [2.05, 4.69) is 53.4 Å². The molecule has 1 aromatic carbocycles. The predicted octanol–water partition coefficient (Wildman–Crippen LogP) is 3.88. The Morgan fingerprint density at radius 3 is 2.91 bits per heavy atom. The first-order valence-electron chi connectivity index (χ1n) is 11.7. The summed E-state index contributed by atoms with van der Waals surface area (Å²) in [6.45, 7) is 10.3. The summed E-state index contributed by atoms with van der Waals surface area (Å²) in [5.74, 6) is 0.979. The number of carbonyl (C=O) groups excluding carboxylic acids is 1. The van der Waals surface area contributed by atoms with Crippen molar-refractivity contribution in [2.45, 2.75) is 40.5 Å². The molecule has 3 heterocycles. The number of hydrogen-bond acceptors (Lipinski definition) is 5. The third-order valence-electron chi connectivity index (χ3n) is 5.83. The standard InChI is InChI=1S/C26H34N4O3/c1-18(2)15-30(16-23-8-7-22-17-32-11-12-33-25(22)29-23)26(31)19(3)13-27-14-21-6-4-5-20-9-10-28-24(20)21/h4-10,18-19,27-28H,11-17H2,1-3H3/t19-/m1/s1. The second-order valence-electron chi connectivity index (χ2n) is 9.17. The summed E-state index contributed by atoms with van der Waals surface area (Å²) in [4.78, 5) is 23.2. The summed E-state index contributed by atoms with van der Waals surface area (Å²) in [5, 5.41) is 4.67. The molecule has 0 bridgehead atoms. The zero-order valence-electron chi connectivity index (χ0n) is 19.8. The van der Waals surface area contributed by atoms with Crippen molar-refractivity contribution in [3.8, 4) is 5.88 Å². The van der Waals surface area contributed by atoms with E-state index in [0.29, 0.717) is 57.8 Å². The van der Waals surface area contributed by atoms with Crippen molar-refractivity contribution in [1.82, 2.24) is 20.2 Å². The molecule has 0 radical (unpaired) electrons. The molecule has 1 atom stereocenters. The normalized spacial score (nSPS) is 14.5. The molecule has 1 amide bonds. The number of rotatable bonds is 9. The average Bonchev–Trinajstić information content (AvgIpc) is 3.16. The molecule has 0 saturated heterocycles. The van der Waals surface area contributed by atoms with Gasteiger partial charge in [0, 0.05) is 42.8 Å². The number of hydrogen-bond donors (Lipinski definition) is 2. The highest BCUT2D eigenvalue weighted by Crippen LogP contribution is 2.21. The summed E-state index contributed by atoms with van der Waals surface area (Å²) in [6, 6.07) is 12.3. The van der Waals surface area contributed by atoms with E-state index < -0.39 is 0 Å². The van der Waals surface area contributed by atoms with E-state index in [1.165, 1.54) is 10.9 Å². The van der Waals surface area contributed by atoms with Crippen LogP contribution in [0.2, 0.25) is 0 Å². The lowest BCUT2D eigenvalue weighted by Crippen LogP contribution is -2.40. The number of benzene rings is 1. The summed E-state index contributed by atoms with van der Waals surface area (Å²) in [7, 11) is 0. The molecule has 2 N–H and O–H groups in total. The van der Waals surface area contributed by atoms with Gasteiger partial charge in [-0.15, -0.1) is 0 Å². The van der Waals surface area contributed by atoms with Crippen LogP contribution < -0.4 is 10.1 Å². The van der Waals surface area contributed by atoms with Gasteiger partial charge in [0.25, 0.3) is 0 Å². The molecule has 1 aliphatic heterocycles. The molecule has 4 rings (SSSR count). The van der Waals surface area contributed by atoms with E-state index in [1.807, 2.05) is 30.2 Å². The van der Waals surface area contributed by atoms with Crippen LogP contribution in [0.4, 0.5) is 0 Å². The fourth-order valence-electron chi connectivity index (χ4n) is 4.20. The highest BCUT2D eigenvalue weighted by Gasteiger charge is 2.23. The van der Waals surface area contributed by atoms with E-state index in [4.69, 9.17) is 9.47 Å². The Morgan fingerprint density at radius 2 is 2.06 bits per heavy atom. The van der Waals surface area contributed by atoms with Crippen LogP contribution >= 0.6 is 0 Å². The number of aromatic nitrogens is 2. The number of aromatic amines is 1. The predicted molar refractivity (Wildman–Crippen MR) is 129 cm³/mol. The van der Waals surface area contributed by atoms with Gasteiger partial charge in [0.1, 0.15) is 6.61 Å². The van der Waals surface area contributed by atoms with Gasteiger partial charge in [-0.2, -0.15) is 0 Å². The molecular weight excluding hydrogens is 416 g/mol. The molecule has 33 heavy (non-hydrogen) atoms. The van der Waals surface area contributed by atoms with Crippen molar-refractivity contribution in [3.05, 3.63) is 59.4 Å². The molecule has 7 nitrogen and oxygen atoms in total. The smallest absolute Gasteiger partial charge is 0.227 e. The lowest BCUT2D eigenvalue weighted by molar-refractivity contribution is -0.136. The minimum atomic E-state index is -0.142. The van der Waals surface area contributed by atoms with E-state index in [-0.39, 0.29) is 11.8 Å². The molecule has 0 unspecified atom stereocenters. The van der Waals surface area contributed by atoms with Crippen molar-refractivity contribution >= 4 is 16.8 Å². The molecule has 7 heteroatoms. The number of pyridine rings is 1. The van der Waals surface area contributed by atoms with Crippen molar-refractivity contribution in [2.75, 3.05) is 26.3 Å².